The number of nitrogens with two attached hydrogens (primary N) is 1. The predicted molar refractivity (Wildman–Crippen MR) is 89.7 cm³/mol. The second-order valence-electron chi connectivity index (χ2n) is 5.04. The lowest BCUT2D eigenvalue weighted by atomic mass is 10.1. The number of carbonyl (C=O) groups is 2. The van der Waals surface area contributed by atoms with Crippen LogP contribution < -0.4 is 15.8 Å². The summed E-state index contributed by atoms with van der Waals surface area (Å²) in [6.45, 7) is 1.51. The number of amides is 2. The molecule has 7 nitrogen and oxygen atoms in total. The van der Waals surface area contributed by atoms with Crippen LogP contribution in [0.5, 0.6) is 0 Å². The fourth-order valence-corrected chi connectivity index (χ4v) is 2.95. The average molecular weight is 347 g/mol. The molecule has 0 radical (unpaired) electrons. The minimum atomic E-state index is -3.89. The molecule has 2 rings (SSSR count). The van der Waals surface area contributed by atoms with E-state index in [0.717, 1.165) is 12.5 Å². The summed E-state index contributed by atoms with van der Waals surface area (Å²) in [6.07, 6.45) is 0. The zero-order chi connectivity index (χ0) is 17.7. The van der Waals surface area contributed by atoms with Gasteiger partial charge in [-0.05, 0) is 42.0 Å². The van der Waals surface area contributed by atoms with E-state index in [1.54, 1.807) is 24.3 Å². The summed E-state index contributed by atoms with van der Waals surface area (Å²) in [5, 5.41) is 2.66. The summed E-state index contributed by atoms with van der Waals surface area (Å²) in [7, 11) is -3.89. The van der Waals surface area contributed by atoms with Crippen LogP contribution in [0.4, 0.5) is 5.69 Å². The third-order valence-electron chi connectivity index (χ3n) is 3.15. The zero-order valence-corrected chi connectivity index (χ0v) is 13.8. The Hall–Kier alpha value is -2.71. The summed E-state index contributed by atoms with van der Waals surface area (Å²) in [6, 6.07) is 12.3. The number of sulfonamides is 1. The van der Waals surface area contributed by atoms with Crippen LogP contribution in [-0.4, -0.2) is 20.2 Å². The van der Waals surface area contributed by atoms with Crippen molar-refractivity contribution in [1.82, 2.24) is 4.72 Å². The third kappa shape index (κ3) is 4.40. The van der Waals surface area contributed by atoms with Gasteiger partial charge in [0.15, 0.2) is 0 Å². The van der Waals surface area contributed by atoms with E-state index in [4.69, 9.17) is 5.73 Å². The van der Waals surface area contributed by atoms with Crippen molar-refractivity contribution < 1.29 is 18.0 Å². The van der Waals surface area contributed by atoms with Crippen molar-refractivity contribution in [3.05, 3.63) is 59.7 Å². The molecule has 0 aliphatic rings. The smallest absolute Gasteiger partial charge is 0.264 e. The Bertz CT molecular complexity index is 844. The number of carbonyl (C=O) groups excluding carboxylic acids is 2. The molecule has 2 aromatic carbocycles. The lowest BCUT2D eigenvalue weighted by Crippen LogP contribution is -2.28. The Labute approximate surface area is 139 Å². The zero-order valence-electron chi connectivity index (χ0n) is 12.9. The minimum absolute atomic E-state index is 0.0667. The van der Waals surface area contributed by atoms with Crippen molar-refractivity contribution in [2.45, 2.75) is 18.4 Å². The van der Waals surface area contributed by atoms with Crippen LogP contribution in [0.3, 0.4) is 0 Å². The van der Waals surface area contributed by atoms with Gasteiger partial charge in [-0.2, -0.15) is 0 Å². The molecule has 0 saturated heterocycles. The van der Waals surface area contributed by atoms with E-state index in [2.05, 4.69) is 5.32 Å². The highest BCUT2D eigenvalue weighted by Crippen LogP contribution is 2.15. The van der Waals surface area contributed by atoms with Gasteiger partial charge in [0, 0.05) is 24.7 Å². The standard InChI is InChI=1S/C16H17N3O4S/c1-11(20)19-24(22,23)15-8-6-14(7-9-15)18-16(21)13-4-2-12(10-17)3-5-13/h2-9H,10,17H2,1H3,(H,18,21)(H,19,20). The fraction of sp³-hybridized carbons (Fsp3) is 0.125. The van der Waals surface area contributed by atoms with Crippen LogP contribution in [-0.2, 0) is 21.4 Å². The van der Waals surface area contributed by atoms with Gasteiger partial charge in [0.2, 0.25) is 5.91 Å². The fourth-order valence-electron chi connectivity index (χ4n) is 1.96. The van der Waals surface area contributed by atoms with Gasteiger partial charge < -0.3 is 11.1 Å². The highest BCUT2D eigenvalue weighted by molar-refractivity contribution is 7.90. The van der Waals surface area contributed by atoms with E-state index in [0.29, 0.717) is 17.8 Å². The van der Waals surface area contributed by atoms with Gasteiger partial charge in [0.25, 0.3) is 15.9 Å². The summed E-state index contributed by atoms with van der Waals surface area (Å²) in [5.74, 6) is -0.996. The average Bonchev–Trinajstić information content (AvgIpc) is 2.54. The molecular formula is C16H17N3O4S. The maximum absolute atomic E-state index is 12.1. The van der Waals surface area contributed by atoms with Gasteiger partial charge in [-0.25, -0.2) is 13.1 Å². The first kappa shape index (κ1) is 17.6. The van der Waals surface area contributed by atoms with Crippen LogP contribution in [0.2, 0.25) is 0 Å². The van der Waals surface area contributed by atoms with Gasteiger partial charge in [0.1, 0.15) is 0 Å². The molecular weight excluding hydrogens is 330 g/mol. The Morgan fingerprint density at radius 3 is 2.08 bits per heavy atom. The van der Waals surface area contributed by atoms with Crippen molar-refractivity contribution in [2.75, 3.05) is 5.32 Å². The first-order valence-electron chi connectivity index (χ1n) is 7.05. The summed E-state index contributed by atoms with van der Waals surface area (Å²) in [4.78, 5) is 22.9. The van der Waals surface area contributed by atoms with E-state index in [-0.39, 0.29) is 10.8 Å². The van der Waals surface area contributed by atoms with Gasteiger partial charge in [0.05, 0.1) is 4.90 Å². The minimum Gasteiger partial charge on any atom is -0.326 e. The van der Waals surface area contributed by atoms with Crippen LogP contribution >= 0.6 is 0 Å². The van der Waals surface area contributed by atoms with Crippen molar-refractivity contribution in [2.24, 2.45) is 5.73 Å². The third-order valence-corrected chi connectivity index (χ3v) is 4.60. The monoisotopic (exact) mass is 347 g/mol. The normalized spacial score (nSPS) is 10.9. The van der Waals surface area contributed by atoms with Crippen molar-refractivity contribution >= 4 is 27.5 Å². The number of anilines is 1. The second-order valence-corrected chi connectivity index (χ2v) is 6.72. The van der Waals surface area contributed by atoms with Crippen LogP contribution in [0.1, 0.15) is 22.8 Å². The molecule has 0 saturated carbocycles. The van der Waals surface area contributed by atoms with Crippen LogP contribution in [0.25, 0.3) is 0 Å². The molecule has 8 heteroatoms. The summed E-state index contributed by atoms with van der Waals surface area (Å²) < 4.78 is 25.5. The molecule has 0 fully saturated rings. The first-order valence-corrected chi connectivity index (χ1v) is 8.54. The highest BCUT2D eigenvalue weighted by atomic mass is 32.2. The molecule has 0 spiro atoms. The molecule has 24 heavy (non-hydrogen) atoms. The Morgan fingerprint density at radius 2 is 1.58 bits per heavy atom. The first-order chi connectivity index (χ1) is 11.3. The van der Waals surface area contributed by atoms with Crippen LogP contribution in [0.15, 0.2) is 53.4 Å². The van der Waals surface area contributed by atoms with Gasteiger partial charge in [-0.3, -0.25) is 9.59 Å². The number of hydrogen-bond donors (Lipinski definition) is 3. The molecule has 2 amide bonds. The summed E-state index contributed by atoms with van der Waals surface area (Å²) >= 11 is 0. The Morgan fingerprint density at radius 1 is 1.00 bits per heavy atom. The van der Waals surface area contributed by atoms with Crippen molar-refractivity contribution in [3.8, 4) is 0 Å². The quantitative estimate of drug-likeness (QED) is 0.751. The van der Waals surface area contributed by atoms with E-state index in [1.807, 2.05) is 4.72 Å². The summed E-state index contributed by atoms with van der Waals surface area (Å²) in [5.41, 5.74) is 7.31. The number of rotatable bonds is 5. The molecule has 0 aliphatic carbocycles. The van der Waals surface area contributed by atoms with Crippen molar-refractivity contribution in [3.63, 3.8) is 0 Å². The maximum Gasteiger partial charge on any atom is 0.264 e. The van der Waals surface area contributed by atoms with E-state index in [9.17, 15) is 18.0 Å². The Kier molecular flexibility index (Phi) is 5.32. The van der Waals surface area contributed by atoms with E-state index < -0.39 is 15.9 Å². The van der Waals surface area contributed by atoms with Gasteiger partial charge in [-0.15, -0.1) is 0 Å². The molecule has 0 unspecified atom stereocenters. The lowest BCUT2D eigenvalue weighted by Gasteiger charge is -2.08. The molecule has 0 bridgehead atoms. The lowest BCUT2D eigenvalue weighted by molar-refractivity contribution is -0.117. The largest absolute Gasteiger partial charge is 0.326 e. The van der Waals surface area contributed by atoms with Gasteiger partial charge in [-0.1, -0.05) is 12.1 Å². The Balaban J connectivity index is 2.10. The van der Waals surface area contributed by atoms with E-state index >= 15 is 0 Å². The molecule has 0 atom stereocenters. The number of nitrogens with one attached hydrogen (secondary N) is 2. The molecule has 0 heterocycles. The molecule has 0 aliphatic heterocycles. The SMILES string of the molecule is CC(=O)NS(=O)(=O)c1ccc(NC(=O)c2ccc(CN)cc2)cc1. The van der Waals surface area contributed by atoms with Crippen LogP contribution in [0, 0.1) is 0 Å². The van der Waals surface area contributed by atoms with Gasteiger partial charge >= 0.3 is 0 Å². The predicted octanol–water partition coefficient (Wildman–Crippen LogP) is 1.22. The highest BCUT2D eigenvalue weighted by Gasteiger charge is 2.15. The molecule has 2 aromatic rings. The second kappa shape index (κ2) is 7.24. The van der Waals surface area contributed by atoms with E-state index in [1.165, 1.54) is 24.3 Å². The number of hydrogen-bond acceptors (Lipinski definition) is 5. The topological polar surface area (TPSA) is 118 Å². The molecule has 4 N–H and O–H groups in total. The van der Waals surface area contributed by atoms with Crippen molar-refractivity contribution in [1.29, 1.82) is 0 Å². The molecule has 0 aromatic heterocycles. The number of benzene rings is 2. The molecule has 126 valence electrons. The maximum atomic E-state index is 12.1.